The molecule has 5 aliphatic rings. The van der Waals surface area contributed by atoms with Crippen LogP contribution < -0.4 is 0 Å². The number of hydrogen-bond acceptors (Lipinski definition) is 6. The fourth-order valence-corrected chi connectivity index (χ4v) is 7.46. The molecule has 0 spiro atoms. The van der Waals surface area contributed by atoms with Crippen LogP contribution in [0.5, 0.6) is 0 Å². The Morgan fingerprint density at radius 3 is 1.75 bits per heavy atom. The van der Waals surface area contributed by atoms with E-state index in [2.05, 4.69) is 0 Å². The van der Waals surface area contributed by atoms with Gasteiger partial charge in [-0.3, -0.25) is 0 Å². The number of rotatable bonds is 9. The zero-order valence-corrected chi connectivity index (χ0v) is 20.8. The van der Waals surface area contributed by atoms with Crippen molar-refractivity contribution in [2.24, 2.45) is 17.8 Å². The van der Waals surface area contributed by atoms with Crippen molar-refractivity contribution in [1.82, 2.24) is 0 Å². The van der Waals surface area contributed by atoms with E-state index in [1.807, 2.05) is 60.7 Å². The third-order valence-electron chi connectivity index (χ3n) is 8.72. The van der Waals surface area contributed by atoms with Crippen molar-refractivity contribution >= 4 is 0 Å². The molecular weight excluding hydrogens is 456 g/mol. The molecule has 2 aromatic carbocycles. The lowest BCUT2D eigenvalue weighted by atomic mass is 9.54. The normalized spacial score (nSPS) is 39.4. The summed E-state index contributed by atoms with van der Waals surface area (Å²) >= 11 is 0. The third-order valence-corrected chi connectivity index (χ3v) is 8.72. The summed E-state index contributed by atoms with van der Waals surface area (Å²) in [5.74, 6) is 2.19. The molecule has 6 heteroatoms. The van der Waals surface area contributed by atoms with Gasteiger partial charge in [0.1, 0.15) is 24.4 Å². The van der Waals surface area contributed by atoms with Crippen LogP contribution in [0.1, 0.15) is 49.7 Å². The van der Waals surface area contributed by atoms with Gasteiger partial charge in [-0.05, 0) is 67.4 Å². The Bertz CT molecular complexity index is 946. The second kappa shape index (κ2) is 10.5. The molecule has 2 aromatic rings. The quantitative estimate of drug-likeness (QED) is 0.544. The number of ether oxygens (including phenoxy) is 4. The van der Waals surface area contributed by atoms with E-state index in [4.69, 9.17) is 18.9 Å². The van der Waals surface area contributed by atoms with E-state index in [1.54, 1.807) is 0 Å². The van der Waals surface area contributed by atoms with Crippen LogP contribution in [0.4, 0.5) is 0 Å². The SMILES string of the molecule is OCC1O[C@@H](OC23CC4CC(CC(C4)C2)C3)C(OCc2ccccc2)[C@H](OCc2ccccc2)[C@@H]1O. The number of benzene rings is 2. The number of aliphatic hydroxyl groups is 2. The molecule has 2 unspecified atom stereocenters. The van der Waals surface area contributed by atoms with E-state index in [1.165, 1.54) is 19.3 Å². The number of hydrogen-bond donors (Lipinski definition) is 2. The molecule has 1 aliphatic heterocycles. The molecular formula is C30H38O6. The standard InChI is InChI=1S/C30H38O6/c31-17-25-26(32)27(33-18-20-7-3-1-4-8-20)28(34-19-21-9-5-2-6-10-21)29(35-25)36-30-14-22-11-23(15-30)13-24(12-22)16-30/h1-10,22-29,31-32H,11-19H2/t22?,23?,24?,25?,26-,27-,28?,29+,30?/m1/s1. The Morgan fingerprint density at radius 1 is 0.750 bits per heavy atom. The minimum atomic E-state index is -1.03. The van der Waals surface area contributed by atoms with Crippen LogP contribution in [-0.4, -0.2) is 53.1 Å². The van der Waals surface area contributed by atoms with Gasteiger partial charge in [-0.1, -0.05) is 60.7 Å². The van der Waals surface area contributed by atoms with Crippen molar-refractivity contribution in [1.29, 1.82) is 0 Å². The van der Waals surface area contributed by atoms with Crippen LogP contribution in [0.15, 0.2) is 60.7 Å². The lowest BCUT2D eigenvalue weighted by Gasteiger charge is -2.58. The van der Waals surface area contributed by atoms with Gasteiger partial charge in [0.15, 0.2) is 6.29 Å². The van der Waals surface area contributed by atoms with Crippen molar-refractivity contribution in [2.45, 2.75) is 88.0 Å². The zero-order valence-electron chi connectivity index (χ0n) is 20.8. The first-order chi connectivity index (χ1) is 17.6. The van der Waals surface area contributed by atoms with Crippen LogP contribution in [0.2, 0.25) is 0 Å². The first kappa shape index (κ1) is 24.5. The van der Waals surface area contributed by atoms with Gasteiger partial charge in [-0.2, -0.15) is 0 Å². The summed E-state index contributed by atoms with van der Waals surface area (Å²) in [5.41, 5.74) is 1.84. The molecule has 0 aromatic heterocycles. The minimum Gasteiger partial charge on any atom is -0.394 e. The van der Waals surface area contributed by atoms with Crippen LogP contribution in [0.3, 0.4) is 0 Å². The van der Waals surface area contributed by atoms with Crippen molar-refractivity contribution in [3.05, 3.63) is 71.8 Å². The summed E-state index contributed by atoms with van der Waals surface area (Å²) in [7, 11) is 0. The fourth-order valence-electron chi connectivity index (χ4n) is 7.46. The first-order valence-electron chi connectivity index (χ1n) is 13.5. The number of aliphatic hydroxyl groups excluding tert-OH is 2. The predicted molar refractivity (Wildman–Crippen MR) is 134 cm³/mol. The zero-order chi connectivity index (χ0) is 24.5. The second-order valence-electron chi connectivity index (χ2n) is 11.5. The Balaban J connectivity index is 1.25. The van der Waals surface area contributed by atoms with Gasteiger partial charge in [0.2, 0.25) is 0 Å². The molecule has 0 amide bonds. The summed E-state index contributed by atoms with van der Waals surface area (Å²) in [5, 5.41) is 21.2. The van der Waals surface area contributed by atoms with E-state index in [0.717, 1.165) is 48.1 Å². The molecule has 1 saturated heterocycles. The third kappa shape index (κ3) is 5.13. The summed E-state index contributed by atoms with van der Waals surface area (Å²) in [6.07, 6.45) is 3.29. The van der Waals surface area contributed by atoms with Crippen LogP contribution in [-0.2, 0) is 32.2 Å². The van der Waals surface area contributed by atoms with E-state index >= 15 is 0 Å². The van der Waals surface area contributed by atoms with Crippen LogP contribution in [0.25, 0.3) is 0 Å². The Labute approximate surface area is 213 Å². The van der Waals surface area contributed by atoms with Crippen molar-refractivity contribution < 1.29 is 29.2 Å². The van der Waals surface area contributed by atoms with E-state index in [9.17, 15) is 10.2 Å². The summed E-state index contributed by atoms with van der Waals surface area (Å²) in [6.45, 7) is 0.381. The molecule has 4 saturated carbocycles. The molecule has 6 nitrogen and oxygen atoms in total. The lowest BCUT2D eigenvalue weighted by Crippen LogP contribution is -2.63. The lowest BCUT2D eigenvalue weighted by molar-refractivity contribution is -0.354. The highest BCUT2D eigenvalue weighted by atomic mass is 16.7. The van der Waals surface area contributed by atoms with Crippen molar-refractivity contribution in [2.75, 3.05) is 6.61 Å². The molecule has 2 N–H and O–H groups in total. The minimum absolute atomic E-state index is 0.208. The highest BCUT2D eigenvalue weighted by Crippen LogP contribution is 2.57. The van der Waals surface area contributed by atoms with Crippen molar-refractivity contribution in [3.63, 3.8) is 0 Å². The predicted octanol–water partition coefficient (Wildman–Crippen LogP) is 4.22. The van der Waals surface area contributed by atoms with Gasteiger partial charge >= 0.3 is 0 Å². The van der Waals surface area contributed by atoms with Crippen LogP contribution >= 0.6 is 0 Å². The topological polar surface area (TPSA) is 77.4 Å². The molecule has 5 atom stereocenters. The van der Waals surface area contributed by atoms with Gasteiger partial charge < -0.3 is 29.2 Å². The molecule has 4 aliphatic carbocycles. The van der Waals surface area contributed by atoms with Crippen LogP contribution in [0, 0.1) is 17.8 Å². The molecule has 4 bridgehead atoms. The van der Waals surface area contributed by atoms with E-state index in [0.29, 0.717) is 13.2 Å². The molecule has 36 heavy (non-hydrogen) atoms. The Kier molecular flexibility index (Phi) is 7.17. The largest absolute Gasteiger partial charge is 0.394 e. The first-order valence-corrected chi connectivity index (χ1v) is 13.5. The molecule has 5 fully saturated rings. The van der Waals surface area contributed by atoms with Gasteiger partial charge in [0, 0.05) is 0 Å². The summed E-state index contributed by atoms with van der Waals surface area (Å²) in [6, 6.07) is 19.9. The second-order valence-corrected chi connectivity index (χ2v) is 11.5. The summed E-state index contributed by atoms with van der Waals surface area (Å²) in [4.78, 5) is 0. The highest BCUT2D eigenvalue weighted by Gasteiger charge is 2.56. The molecule has 0 radical (unpaired) electrons. The molecule has 194 valence electrons. The highest BCUT2D eigenvalue weighted by molar-refractivity contribution is 5.15. The summed E-state index contributed by atoms with van der Waals surface area (Å²) < 4.78 is 25.9. The monoisotopic (exact) mass is 494 g/mol. The van der Waals surface area contributed by atoms with Gasteiger partial charge in [0.05, 0.1) is 25.4 Å². The average molecular weight is 495 g/mol. The maximum absolute atomic E-state index is 11.2. The van der Waals surface area contributed by atoms with Gasteiger partial charge in [-0.25, -0.2) is 0 Å². The molecule has 1 heterocycles. The average Bonchev–Trinajstić information content (AvgIpc) is 2.88. The van der Waals surface area contributed by atoms with Gasteiger partial charge in [0.25, 0.3) is 0 Å². The maximum atomic E-state index is 11.2. The van der Waals surface area contributed by atoms with Crippen molar-refractivity contribution in [3.8, 4) is 0 Å². The van der Waals surface area contributed by atoms with E-state index in [-0.39, 0.29) is 12.2 Å². The Hall–Kier alpha value is -1.80. The smallest absolute Gasteiger partial charge is 0.187 e. The maximum Gasteiger partial charge on any atom is 0.187 e. The van der Waals surface area contributed by atoms with E-state index < -0.39 is 30.7 Å². The fraction of sp³-hybridized carbons (Fsp3) is 0.600. The Morgan fingerprint density at radius 2 is 1.25 bits per heavy atom. The van der Waals surface area contributed by atoms with Gasteiger partial charge in [-0.15, -0.1) is 0 Å². The molecule has 7 rings (SSSR count).